The van der Waals surface area contributed by atoms with Crippen molar-refractivity contribution in [2.45, 2.75) is 6.92 Å². The number of rotatable bonds is 3. The van der Waals surface area contributed by atoms with Gasteiger partial charge in [-0.25, -0.2) is 9.78 Å². The monoisotopic (exact) mass is 264 g/mol. The molecule has 0 amide bonds. The van der Waals surface area contributed by atoms with Crippen molar-refractivity contribution in [2.24, 2.45) is 0 Å². The van der Waals surface area contributed by atoms with Gasteiger partial charge >= 0.3 is 5.97 Å². The molecule has 1 aliphatic heterocycles. The highest BCUT2D eigenvalue weighted by Crippen LogP contribution is 2.25. The third kappa shape index (κ3) is 2.78. The van der Waals surface area contributed by atoms with Crippen LogP contribution in [0.25, 0.3) is 0 Å². The van der Waals surface area contributed by atoms with Crippen molar-refractivity contribution in [1.29, 1.82) is 0 Å². The number of nitrogen functional groups attached to an aromatic ring is 1. The Labute approximate surface area is 113 Å². The van der Waals surface area contributed by atoms with Gasteiger partial charge in [0.15, 0.2) is 5.82 Å². The molecule has 0 unspecified atom stereocenters. The molecule has 0 atom stereocenters. The lowest BCUT2D eigenvalue weighted by molar-refractivity contribution is 0.0602. The van der Waals surface area contributed by atoms with Crippen LogP contribution in [0.2, 0.25) is 0 Å². The standard InChI is InChI=1S/C13H20N4O2/c1-3-16-6-8-17(9-7-16)12-11(14)10(4-5-15-12)13(18)19-2/h4-5H,3,6-9,14H2,1-2H3. The maximum absolute atomic E-state index is 11.6. The van der Waals surface area contributed by atoms with Crippen LogP contribution in [-0.2, 0) is 4.74 Å². The van der Waals surface area contributed by atoms with Gasteiger partial charge in [-0.3, -0.25) is 0 Å². The number of esters is 1. The number of pyridine rings is 1. The Morgan fingerprint density at radius 1 is 1.42 bits per heavy atom. The molecule has 1 aromatic heterocycles. The van der Waals surface area contributed by atoms with Gasteiger partial charge in [-0.1, -0.05) is 6.92 Å². The van der Waals surface area contributed by atoms with E-state index >= 15 is 0 Å². The fourth-order valence-electron chi connectivity index (χ4n) is 2.28. The largest absolute Gasteiger partial charge is 0.465 e. The zero-order valence-electron chi connectivity index (χ0n) is 11.4. The van der Waals surface area contributed by atoms with E-state index in [0.717, 1.165) is 32.7 Å². The van der Waals surface area contributed by atoms with Crippen molar-refractivity contribution in [3.8, 4) is 0 Å². The first-order valence-electron chi connectivity index (χ1n) is 6.47. The van der Waals surface area contributed by atoms with Crippen LogP contribution in [0.5, 0.6) is 0 Å². The van der Waals surface area contributed by atoms with Crippen molar-refractivity contribution < 1.29 is 9.53 Å². The molecule has 2 N–H and O–H groups in total. The normalized spacial score (nSPS) is 16.4. The van der Waals surface area contributed by atoms with Crippen LogP contribution in [-0.4, -0.2) is 55.7 Å². The number of hydrogen-bond donors (Lipinski definition) is 1. The van der Waals surface area contributed by atoms with Gasteiger partial charge in [-0.05, 0) is 12.6 Å². The molecule has 2 rings (SSSR count). The number of hydrogen-bond acceptors (Lipinski definition) is 6. The van der Waals surface area contributed by atoms with Crippen LogP contribution in [0, 0.1) is 0 Å². The molecule has 0 spiro atoms. The van der Waals surface area contributed by atoms with E-state index in [-0.39, 0.29) is 0 Å². The zero-order valence-corrected chi connectivity index (χ0v) is 11.4. The molecule has 6 nitrogen and oxygen atoms in total. The third-order valence-electron chi connectivity index (χ3n) is 3.49. The summed E-state index contributed by atoms with van der Waals surface area (Å²) in [5.74, 6) is 0.256. The Morgan fingerprint density at radius 2 is 2.11 bits per heavy atom. The summed E-state index contributed by atoms with van der Waals surface area (Å²) in [6.07, 6.45) is 1.60. The minimum atomic E-state index is -0.423. The van der Waals surface area contributed by atoms with Crippen molar-refractivity contribution in [1.82, 2.24) is 9.88 Å². The lowest BCUT2D eigenvalue weighted by atomic mass is 10.2. The van der Waals surface area contributed by atoms with Gasteiger partial charge in [-0.15, -0.1) is 0 Å². The van der Waals surface area contributed by atoms with E-state index < -0.39 is 5.97 Å². The average molecular weight is 264 g/mol. The van der Waals surface area contributed by atoms with E-state index in [9.17, 15) is 4.79 Å². The number of piperazine rings is 1. The third-order valence-corrected chi connectivity index (χ3v) is 3.49. The topological polar surface area (TPSA) is 71.7 Å². The van der Waals surface area contributed by atoms with Crippen molar-refractivity contribution in [3.63, 3.8) is 0 Å². The predicted molar refractivity (Wildman–Crippen MR) is 74.3 cm³/mol. The molecule has 1 aliphatic rings. The molecule has 0 saturated carbocycles. The lowest BCUT2D eigenvalue weighted by Crippen LogP contribution is -2.46. The molecule has 0 aromatic carbocycles. The molecule has 1 saturated heterocycles. The van der Waals surface area contributed by atoms with Gasteiger partial charge < -0.3 is 20.3 Å². The maximum Gasteiger partial charge on any atom is 0.340 e. The van der Waals surface area contributed by atoms with E-state index in [2.05, 4.69) is 21.7 Å². The van der Waals surface area contributed by atoms with Crippen LogP contribution in [0.1, 0.15) is 17.3 Å². The first-order valence-corrected chi connectivity index (χ1v) is 6.47. The summed E-state index contributed by atoms with van der Waals surface area (Å²) in [4.78, 5) is 20.4. The number of ether oxygens (including phenoxy) is 1. The van der Waals surface area contributed by atoms with Gasteiger partial charge in [0.05, 0.1) is 18.4 Å². The maximum atomic E-state index is 11.6. The molecule has 2 heterocycles. The van der Waals surface area contributed by atoms with E-state index in [1.165, 1.54) is 7.11 Å². The summed E-state index contributed by atoms with van der Waals surface area (Å²) < 4.78 is 4.72. The summed E-state index contributed by atoms with van der Waals surface area (Å²) in [6.45, 7) is 6.92. The van der Waals surface area contributed by atoms with Crippen molar-refractivity contribution >= 4 is 17.5 Å². The number of methoxy groups -OCH3 is 1. The lowest BCUT2D eigenvalue weighted by Gasteiger charge is -2.35. The van der Waals surface area contributed by atoms with Crippen LogP contribution >= 0.6 is 0 Å². The summed E-state index contributed by atoms with van der Waals surface area (Å²) in [6, 6.07) is 1.59. The molecule has 19 heavy (non-hydrogen) atoms. The molecule has 0 radical (unpaired) electrons. The summed E-state index contributed by atoms with van der Waals surface area (Å²) >= 11 is 0. The van der Waals surface area contributed by atoms with Gasteiger partial charge in [0.25, 0.3) is 0 Å². The van der Waals surface area contributed by atoms with E-state index in [1.54, 1.807) is 12.3 Å². The number of aromatic nitrogens is 1. The summed E-state index contributed by atoms with van der Waals surface area (Å²) in [5, 5.41) is 0. The van der Waals surface area contributed by atoms with E-state index in [1.807, 2.05) is 0 Å². The molecule has 0 aliphatic carbocycles. The smallest absolute Gasteiger partial charge is 0.340 e. The number of carbonyl (C=O) groups is 1. The summed E-state index contributed by atoms with van der Waals surface area (Å²) in [7, 11) is 1.35. The van der Waals surface area contributed by atoms with Crippen LogP contribution in [0.4, 0.5) is 11.5 Å². The Kier molecular flexibility index (Phi) is 4.21. The number of anilines is 2. The van der Waals surface area contributed by atoms with E-state index in [0.29, 0.717) is 17.1 Å². The molecule has 1 fully saturated rings. The van der Waals surface area contributed by atoms with Gasteiger partial charge in [0, 0.05) is 32.4 Å². The molecule has 104 valence electrons. The molecule has 0 bridgehead atoms. The zero-order chi connectivity index (χ0) is 13.8. The molecular formula is C13H20N4O2. The highest BCUT2D eigenvalue weighted by atomic mass is 16.5. The predicted octanol–water partition coefficient (Wildman–Crippen LogP) is 0.592. The fraction of sp³-hybridized carbons (Fsp3) is 0.538. The average Bonchev–Trinajstić information content (AvgIpc) is 2.47. The summed E-state index contributed by atoms with van der Waals surface area (Å²) in [5.41, 5.74) is 6.82. The number of likely N-dealkylation sites (N-methyl/N-ethyl adjacent to an activating group) is 1. The Bertz CT molecular complexity index is 456. The number of carbonyl (C=O) groups excluding carboxylic acids is 1. The molecular weight excluding hydrogens is 244 g/mol. The highest BCUT2D eigenvalue weighted by molar-refractivity contribution is 5.97. The van der Waals surface area contributed by atoms with E-state index in [4.69, 9.17) is 10.5 Å². The fourth-order valence-corrected chi connectivity index (χ4v) is 2.28. The number of nitrogens with two attached hydrogens (primary N) is 1. The molecule has 6 heteroatoms. The second kappa shape index (κ2) is 5.88. The van der Waals surface area contributed by atoms with Crippen molar-refractivity contribution in [2.75, 3.05) is 50.5 Å². The number of nitrogens with zero attached hydrogens (tertiary/aromatic N) is 3. The minimum absolute atomic E-state index is 0.380. The minimum Gasteiger partial charge on any atom is -0.465 e. The van der Waals surface area contributed by atoms with Crippen LogP contribution in [0.3, 0.4) is 0 Å². The first kappa shape index (κ1) is 13.6. The SMILES string of the molecule is CCN1CCN(c2nccc(C(=O)OC)c2N)CC1. The highest BCUT2D eigenvalue weighted by Gasteiger charge is 2.21. The van der Waals surface area contributed by atoms with Gasteiger partial charge in [0.1, 0.15) is 0 Å². The van der Waals surface area contributed by atoms with Gasteiger partial charge in [0.2, 0.25) is 0 Å². The Balaban J connectivity index is 2.19. The van der Waals surface area contributed by atoms with Crippen molar-refractivity contribution in [3.05, 3.63) is 17.8 Å². The Morgan fingerprint density at radius 3 is 2.68 bits per heavy atom. The molecule has 1 aromatic rings. The Hall–Kier alpha value is -1.82. The van der Waals surface area contributed by atoms with Crippen LogP contribution < -0.4 is 10.6 Å². The quantitative estimate of drug-likeness (QED) is 0.806. The van der Waals surface area contributed by atoms with Gasteiger partial charge in [-0.2, -0.15) is 0 Å². The second-order valence-electron chi connectivity index (χ2n) is 4.51. The van der Waals surface area contributed by atoms with Crippen LogP contribution in [0.15, 0.2) is 12.3 Å². The second-order valence-corrected chi connectivity index (χ2v) is 4.51. The first-order chi connectivity index (χ1) is 9.17.